The molecule has 126 valence electrons. The summed E-state index contributed by atoms with van der Waals surface area (Å²) >= 11 is 0. The molecule has 1 N–H and O–H groups in total. The lowest BCUT2D eigenvalue weighted by Crippen LogP contribution is -2.31. The second-order valence-electron chi connectivity index (χ2n) is 5.99. The van der Waals surface area contributed by atoms with E-state index < -0.39 is 17.7 Å². The van der Waals surface area contributed by atoms with E-state index in [1.807, 2.05) is 42.3 Å². The lowest BCUT2D eigenvalue weighted by Gasteiger charge is -2.21. The molecule has 0 aliphatic rings. The van der Waals surface area contributed by atoms with Gasteiger partial charge in [-0.05, 0) is 12.6 Å². The summed E-state index contributed by atoms with van der Waals surface area (Å²) in [6, 6.07) is 12.2. The van der Waals surface area contributed by atoms with Crippen molar-refractivity contribution in [3.8, 4) is 0 Å². The van der Waals surface area contributed by atoms with Gasteiger partial charge in [0.05, 0.1) is 30.0 Å². The number of aliphatic hydroxyl groups excluding tert-OH is 1. The number of hydrogen-bond acceptors (Lipinski definition) is 3. The number of likely N-dealkylation sites (N-methyl/N-ethyl adjacent to an activating group) is 1. The largest absolute Gasteiger partial charge is 0.390 e. The molecule has 3 rings (SSSR count). The molecule has 4 nitrogen and oxygen atoms in total. The molecule has 0 aliphatic carbocycles. The average Bonchev–Trinajstić information content (AvgIpc) is 2.90. The van der Waals surface area contributed by atoms with Crippen molar-refractivity contribution < 1.29 is 13.9 Å². The smallest absolute Gasteiger partial charge is 0.161 e. The highest BCUT2D eigenvalue weighted by molar-refractivity contribution is 5.75. The van der Waals surface area contributed by atoms with Crippen molar-refractivity contribution in [1.29, 1.82) is 0 Å². The molecule has 0 unspecified atom stereocenters. The lowest BCUT2D eigenvalue weighted by molar-refractivity contribution is 0.108. The number of aromatic nitrogens is 2. The normalized spacial score (nSPS) is 12.9. The molecule has 0 fully saturated rings. The molecule has 1 aromatic heterocycles. The summed E-state index contributed by atoms with van der Waals surface area (Å²) in [4.78, 5) is 6.07. The Morgan fingerprint density at radius 2 is 1.88 bits per heavy atom. The predicted molar refractivity (Wildman–Crippen MR) is 88.4 cm³/mol. The maximum atomic E-state index is 13.4. The third kappa shape index (κ3) is 3.77. The van der Waals surface area contributed by atoms with E-state index >= 15 is 0 Å². The van der Waals surface area contributed by atoms with Crippen LogP contribution in [0.2, 0.25) is 0 Å². The molecule has 0 radical (unpaired) electrons. The lowest BCUT2D eigenvalue weighted by atomic mass is 10.2. The standard InChI is InChI=1S/C18H19F2N3O/c1-22(9-13-5-3-2-4-6-13)10-14(24)11-23-12-21-17-7-15(19)16(20)8-18(17)23/h2-8,12,14,24H,9-11H2,1H3/t14-/m1/s1. The van der Waals surface area contributed by atoms with Crippen LogP contribution in [0.1, 0.15) is 5.56 Å². The summed E-state index contributed by atoms with van der Waals surface area (Å²) in [7, 11) is 1.93. The van der Waals surface area contributed by atoms with E-state index in [1.165, 1.54) is 6.33 Å². The van der Waals surface area contributed by atoms with Crippen LogP contribution in [0.3, 0.4) is 0 Å². The van der Waals surface area contributed by atoms with E-state index in [0.29, 0.717) is 17.6 Å². The van der Waals surface area contributed by atoms with E-state index in [-0.39, 0.29) is 6.54 Å². The second-order valence-corrected chi connectivity index (χ2v) is 5.99. The molecule has 2 aromatic carbocycles. The molecule has 24 heavy (non-hydrogen) atoms. The Morgan fingerprint density at radius 3 is 2.62 bits per heavy atom. The van der Waals surface area contributed by atoms with Gasteiger partial charge in [-0.3, -0.25) is 4.90 Å². The first kappa shape index (κ1) is 16.5. The fourth-order valence-electron chi connectivity index (χ4n) is 2.80. The minimum atomic E-state index is -0.920. The number of benzene rings is 2. The van der Waals surface area contributed by atoms with E-state index in [0.717, 1.165) is 24.2 Å². The molecular weight excluding hydrogens is 312 g/mol. The first-order valence-electron chi connectivity index (χ1n) is 7.73. The second kappa shape index (κ2) is 7.07. The quantitative estimate of drug-likeness (QED) is 0.755. The van der Waals surface area contributed by atoms with Crippen LogP contribution in [0.25, 0.3) is 11.0 Å². The third-order valence-electron chi connectivity index (χ3n) is 3.89. The predicted octanol–water partition coefficient (Wildman–Crippen LogP) is 2.81. The SMILES string of the molecule is CN(Cc1ccccc1)C[C@@H](O)Cn1cnc2cc(F)c(F)cc21. The van der Waals surface area contributed by atoms with E-state index in [1.54, 1.807) is 4.57 Å². The summed E-state index contributed by atoms with van der Waals surface area (Å²) < 4.78 is 28.3. The van der Waals surface area contributed by atoms with Crippen LogP contribution in [0, 0.1) is 11.6 Å². The summed E-state index contributed by atoms with van der Waals surface area (Å²) in [6.45, 7) is 1.45. The van der Waals surface area contributed by atoms with Crippen LogP contribution < -0.4 is 0 Å². The van der Waals surface area contributed by atoms with Crippen LogP contribution in [-0.2, 0) is 13.1 Å². The Kier molecular flexibility index (Phi) is 4.87. The van der Waals surface area contributed by atoms with Crippen LogP contribution >= 0.6 is 0 Å². The number of aliphatic hydroxyl groups is 1. The number of imidazole rings is 1. The van der Waals surface area contributed by atoms with Gasteiger partial charge in [-0.25, -0.2) is 13.8 Å². The zero-order valence-electron chi connectivity index (χ0n) is 13.4. The van der Waals surface area contributed by atoms with Crippen LogP contribution in [0.5, 0.6) is 0 Å². The highest BCUT2D eigenvalue weighted by Gasteiger charge is 2.13. The van der Waals surface area contributed by atoms with Gasteiger partial charge in [0.1, 0.15) is 0 Å². The maximum Gasteiger partial charge on any atom is 0.161 e. The number of rotatable bonds is 6. The van der Waals surface area contributed by atoms with Gasteiger partial charge in [0.2, 0.25) is 0 Å². The van der Waals surface area contributed by atoms with Crippen molar-refractivity contribution in [3.05, 3.63) is 66.0 Å². The number of fused-ring (bicyclic) bond motifs is 1. The fraction of sp³-hybridized carbons (Fsp3) is 0.278. The first-order chi connectivity index (χ1) is 11.5. The zero-order chi connectivity index (χ0) is 17.1. The van der Waals surface area contributed by atoms with Crippen LogP contribution in [0.15, 0.2) is 48.8 Å². The molecule has 0 amide bonds. The van der Waals surface area contributed by atoms with E-state index in [9.17, 15) is 13.9 Å². The van der Waals surface area contributed by atoms with Gasteiger partial charge in [0.25, 0.3) is 0 Å². The van der Waals surface area contributed by atoms with Gasteiger partial charge in [-0.15, -0.1) is 0 Å². The molecular formula is C18H19F2N3O. The Balaban J connectivity index is 1.64. The minimum Gasteiger partial charge on any atom is -0.390 e. The fourth-order valence-corrected chi connectivity index (χ4v) is 2.80. The molecule has 0 aliphatic heterocycles. The molecule has 0 saturated carbocycles. The summed E-state index contributed by atoms with van der Waals surface area (Å²) in [6.07, 6.45) is 0.841. The molecule has 1 heterocycles. The van der Waals surface area contributed by atoms with E-state index in [2.05, 4.69) is 4.98 Å². The number of nitrogens with zero attached hydrogens (tertiary/aromatic N) is 3. The van der Waals surface area contributed by atoms with Crippen molar-refractivity contribution >= 4 is 11.0 Å². The molecule has 1 atom stereocenters. The summed E-state index contributed by atoms with van der Waals surface area (Å²) in [5, 5.41) is 10.3. The molecule has 0 saturated heterocycles. The van der Waals surface area contributed by atoms with Crippen LogP contribution in [0.4, 0.5) is 8.78 Å². The van der Waals surface area contributed by atoms with Crippen molar-refractivity contribution in [2.45, 2.75) is 19.2 Å². The van der Waals surface area contributed by atoms with Crippen molar-refractivity contribution in [1.82, 2.24) is 14.5 Å². The molecule has 6 heteroatoms. The van der Waals surface area contributed by atoms with Gasteiger partial charge in [-0.2, -0.15) is 0 Å². The number of hydrogen-bond donors (Lipinski definition) is 1. The highest BCUT2D eigenvalue weighted by Crippen LogP contribution is 2.18. The van der Waals surface area contributed by atoms with Gasteiger partial charge in [-0.1, -0.05) is 30.3 Å². The Morgan fingerprint density at radius 1 is 1.17 bits per heavy atom. The molecule has 0 spiro atoms. The van der Waals surface area contributed by atoms with Crippen molar-refractivity contribution in [2.24, 2.45) is 0 Å². The molecule has 3 aromatic rings. The zero-order valence-corrected chi connectivity index (χ0v) is 13.4. The van der Waals surface area contributed by atoms with E-state index in [4.69, 9.17) is 0 Å². The number of halogens is 2. The van der Waals surface area contributed by atoms with Gasteiger partial charge >= 0.3 is 0 Å². The maximum absolute atomic E-state index is 13.4. The van der Waals surface area contributed by atoms with Gasteiger partial charge < -0.3 is 9.67 Å². The Hall–Kier alpha value is -2.31. The highest BCUT2D eigenvalue weighted by atomic mass is 19.2. The van der Waals surface area contributed by atoms with Crippen molar-refractivity contribution in [2.75, 3.05) is 13.6 Å². The topological polar surface area (TPSA) is 41.3 Å². The monoisotopic (exact) mass is 331 g/mol. The summed E-state index contributed by atoms with van der Waals surface area (Å²) in [5.74, 6) is -1.84. The molecule has 0 bridgehead atoms. The Labute approximate surface area is 139 Å². The van der Waals surface area contributed by atoms with Crippen LogP contribution in [-0.4, -0.2) is 39.3 Å². The minimum absolute atomic E-state index is 0.265. The van der Waals surface area contributed by atoms with Gasteiger partial charge in [0.15, 0.2) is 11.6 Å². The van der Waals surface area contributed by atoms with Crippen molar-refractivity contribution in [3.63, 3.8) is 0 Å². The first-order valence-corrected chi connectivity index (χ1v) is 7.73. The third-order valence-corrected chi connectivity index (χ3v) is 3.89. The summed E-state index contributed by atoms with van der Waals surface area (Å²) in [5.41, 5.74) is 2.01. The Bertz CT molecular complexity index is 820. The van der Waals surface area contributed by atoms with Gasteiger partial charge in [0, 0.05) is 25.2 Å². The average molecular weight is 331 g/mol.